The van der Waals surface area contributed by atoms with E-state index in [0.717, 1.165) is 5.92 Å². The monoisotopic (exact) mass is 348 g/mol. The maximum atomic E-state index is 2.35. The number of unbranched alkanes of at least 4 members (excludes halogenated alkanes) is 5. The predicted octanol–water partition coefficient (Wildman–Crippen LogP) is 7.91. The van der Waals surface area contributed by atoms with E-state index >= 15 is 0 Å². The quantitative estimate of drug-likeness (QED) is 0.404. The van der Waals surface area contributed by atoms with Crippen LogP contribution in [-0.4, -0.2) is 0 Å². The third-order valence-electron chi connectivity index (χ3n) is 6.58. The van der Waals surface area contributed by atoms with Crippen molar-refractivity contribution < 1.29 is 0 Å². The minimum absolute atomic E-state index is 0.236. The Kier molecular flexibility index (Phi) is 7.35. The Bertz CT molecular complexity index is 564. The first kappa shape index (κ1) is 19.2. The van der Waals surface area contributed by atoms with E-state index in [2.05, 4.69) is 67.6 Å². The lowest BCUT2D eigenvalue weighted by Gasteiger charge is -2.41. The highest BCUT2D eigenvalue weighted by Crippen LogP contribution is 2.47. The van der Waals surface area contributed by atoms with Crippen LogP contribution in [0.5, 0.6) is 0 Å². The fourth-order valence-electron chi connectivity index (χ4n) is 4.93. The summed E-state index contributed by atoms with van der Waals surface area (Å²) in [5.41, 5.74) is 3.27. The van der Waals surface area contributed by atoms with Crippen molar-refractivity contribution in [3.05, 3.63) is 71.8 Å². The van der Waals surface area contributed by atoms with Crippen LogP contribution in [0.1, 0.15) is 88.7 Å². The van der Waals surface area contributed by atoms with E-state index in [1.165, 1.54) is 81.8 Å². The molecule has 0 bridgehead atoms. The minimum atomic E-state index is 0.236. The second kappa shape index (κ2) is 9.95. The normalized spacial score (nSPS) is 17.3. The van der Waals surface area contributed by atoms with Crippen LogP contribution in [0.25, 0.3) is 0 Å². The van der Waals surface area contributed by atoms with Gasteiger partial charge in [0.05, 0.1) is 0 Å². The van der Waals surface area contributed by atoms with Crippen LogP contribution in [0, 0.1) is 5.92 Å². The van der Waals surface area contributed by atoms with Gasteiger partial charge in [0.2, 0.25) is 0 Å². The fraction of sp³-hybridized carbons (Fsp3) is 0.538. The van der Waals surface area contributed by atoms with Crippen molar-refractivity contribution in [1.82, 2.24) is 0 Å². The second-order valence-electron chi connectivity index (χ2n) is 8.31. The molecule has 140 valence electrons. The number of hydrogen-bond acceptors (Lipinski definition) is 0. The van der Waals surface area contributed by atoms with Crippen LogP contribution < -0.4 is 0 Å². The molecular weight excluding hydrogens is 312 g/mol. The number of rotatable bonds is 9. The van der Waals surface area contributed by atoms with Crippen molar-refractivity contribution in [2.24, 2.45) is 5.92 Å². The summed E-state index contributed by atoms with van der Waals surface area (Å²) in [6.45, 7) is 2.30. The van der Waals surface area contributed by atoms with E-state index in [-0.39, 0.29) is 5.41 Å². The largest absolute Gasteiger partial charge is 0.0654 e. The third-order valence-corrected chi connectivity index (χ3v) is 6.58. The lowest BCUT2D eigenvalue weighted by atomic mass is 9.62. The summed E-state index contributed by atoms with van der Waals surface area (Å²) in [4.78, 5) is 0. The van der Waals surface area contributed by atoms with E-state index in [1.54, 1.807) is 0 Å². The average Bonchev–Trinajstić information content (AvgIpc) is 2.72. The van der Waals surface area contributed by atoms with Crippen molar-refractivity contribution in [3.63, 3.8) is 0 Å². The SMILES string of the molecule is CCCCCCCCC1CCC(c2ccccc2)(c2ccccc2)CC1. The van der Waals surface area contributed by atoms with Crippen molar-refractivity contribution in [3.8, 4) is 0 Å². The summed E-state index contributed by atoms with van der Waals surface area (Å²) >= 11 is 0. The molecule has 0 aliphatic heterocycles. The second-order valence-corrected chi connectivity index (χ2v) is 8.31. The van der Waals surface area contributed by atoms with Gasteiger partial charge in [-0.3, -0.25) is 0 Å². The fourth-order valence-corrected chi connectivity index (χ4v) is 4.93. The summed E-state index contributed by atoms with van der Waals surface area (Å²) in [6.07, 6.45) is 15.4. The first-order chi connectivity index (χ1) is 12.8. The zero-order valence-corrected chi connectivity index (χ0v) is 16.6. The lowest BCUT2D eigenvalue weighted by molar-refractivity contribution is 0.250. The molecular formula is C26H36. The molecule has 0 atom stereocenters. The van der Waals surface area contributed by atoms with Crippen LogP contribution in [-0.2, 0) is 5.41 Å². The van der Waals surface area contributed by atoms with Crippen LogP contribution in [0.3, 0.4) is 0 Å². The third kappa shape index (κ3) is 4.78. The highest BCUT2D eigenvalue weighted by atomic mass is 14.4. The van der Waals surface area contributed by atoms with Crippen molar-refractivity contribution in [1.29, 1.82) is 0 Å². The smallest absolute Gasteiger partial charge is 0.0203 e. The van der Waals surface area contributed by atoms with Gasteiger partial charge in [0.25, 0.3) is 0 Å². The van der Waals surface area contributed by atoms with Gasteiger partial charge in [-0.25, -0.2) is 0 Å². The van der Waals surface area contributed by atoms with Crippen molar-refractivity contribution >= 4 is 0 Å². The topological polar surface area (TPSA) is 0 Å². The van der Waals surface area contributed by atoms with Gasteiger partial charge in [0.15, 0.2) is 0 Å². The van der Waals surface area contributed by atoms with Gasteiger partial charge < -0.3 is 0 Å². The molecule has 1 aliphatic carbocycles. The molecule has 0 heteroatoms. The Morgan fingerprint density at radius 2 is 1.19 bits per heavy atom. The Morgan fingerprint density at radius 3 is 1.73 bits per heavy atom. The molecule has 0 radical (unpaired) electrons. The maximum Gasteiger partial charge on any atom is 0.0203 e. The van der Waals surface area contributed by atoms with Gasteiger partial charge in [0.1, 0.15) is 0 Å². The van der Waals surface area contributed by atoms with Gasteiger partial charge >= 0.3 is 0 Å². The van der Waals surface area contributed by atoms with Crippen LogP contribution in [0.4, 0.5) is 0 Å². The van der Waals surface area contributed by atoms with E-state index in [1.807, 2.05) is 0 Å². The highest BCUT2D eigenvalue weighted by molar-refractivity contribution is 5.39. The summed E-state index contributed by atoms with van der Waals surface area (Å²) in [5.74, 6) is 0.946. The van der Waals surface area contributed by atoms with Crippen molar-refractivity contribution in [2.75, 3.05) is 0 Å². The predicted molar refractivity (Wildman–Crippen MR) is 114 cm³/mol. The Balaban J connectivity index is 1.60. The molecule has 0 nitrogen and oxygen atoms in total. The molecule has 0 saturated heterocycles. The first-order valence-corrected chi connectivity index (χ1v) is 11.0. The van der Waals surface area contributed by atoms with Gasteiger partial charge in [-0.15, -0.1) is 0 Å². The lowest BCUT2D eigenvalue weighted by Crippen LogP contribution is -2.33. The average molecular weight is 349 g/mol. The molecule has 1 aliphatic rings. The molecule has 0 spiro atoms. The zero-order chi connectivity index (χ0) is 18.1. The molecule has 0 aromatic heterocycles. The summed E-state index contributed by atoms with van der Waals surface area (Å²) in [6, 6.07) is 22.5. The molecule has 0 N–H and O–H groups in total. The molecule has 26 heavy (non-hydrogen) atoms. The number of hydrogen-bond donors (Lipinski definition) is 0. The molecule has 0 unspecified atom stereocenters. The van der Waals surface area contributed by atoms with E-state index < -0.39 is 0 Å². The van der Waals surface area contributed by atoms with Crippen molar-refractivity contribution in [2.45, 2.75) is 83.0 Å². The van der Waals surface area contributed by atoms with Gasteiger partial charge in [-0.1, -0.05) is 113 Å². The van der Waals surface area contributed by atoms with Gasteiger partial charge in [-0.2, -0.15) is 0 Å². The standard InChI is InChI=1S/C26H36/c1-2-3-4-5-6-9-14-23-19-21-26(22-20-23,24-15-10-7-11-16-24)25-17-12-8-13-18-25/h7-8,10-13,15-18,23H,2-6,9,14,19-22H2,1H3. The van der Waals surface area contributed by atoms with Crippen LogP contribution in [0.2, 0.25) is 0 Å². The molecule has 2 aromatic rings. The molecule has 0 heterocycles. The van der Waals surface area contributed by atoms with Gasteiger partial charge in [-0.05, 0) is 42.7 Å². The van der Waals surface area contributed by atoms with Crippen LogP contribution >= 0.6 is 0 Å². The molecule has 3 rings (SSSR count). The maximum absolute atomic E-state index is 2.35. The molecule has 0 amide bonds. The van der Waals surface area contributed by atoms with Gasteiger partial charge in [0, 0.05) is 5.41 Å². The Labute approximate surface area is 161 Å². The summed E-state index contributed by atoms with van der Waals surface area (Å²) in [5, 5.41) is 0. The zero-order valence-electron chi connectivity index (χ0n) is 16.6. The van der Waals surface area contributed by atoms with E-state index in [9.17, 15) is 0 Å². The van der Waals surface area contributed by atoms with E-state index in [4.69, 9.17) is 0 Å². The summed E-state index contributed by atoms with van der Waals surface area (Å²) in [7, 11) is 0. The number of benzene rings is 2. The molecule has 2 aromatic carbocycles. The Morgan fingerprint density at radius 1 is 0.692 bits per heavy atom. The molecule has 1 saturated carbocycles. The Hall–Kier alpha value is -1.56. The van der Waals surface area contributed by atoms with Crippen LogP contribution in [0.15, 0.2) is 60.7 Å². The molecule has 1 fully saturated rings. The van der Waals surface area contributed by atoms with E-state index in [0.29, 0.717) is 0 Å². The first-order valence-electron chi connectivity index (χ1n) is 11.0. The minimum Gasteiger partial charge on any atom is -0.0654 e. The summed E-state index contributed by atoms with van der Waals surface area (Å²) < 4.78 is 0. The highest BCUT2D eigenvalue weighted by Gasteiger charge is 2.37.